The molecule has 4 nitrogen and oxygen atoms in total. The Kier molecular flexibility index (Phi) is 4.12. The highest BCUT2D eigenvalue weighted by molar-refractivity contribution is 5.82. The maximum absolute atomic E-state index is 11.7. The van der Waals surface area contributed by atoms with E-state index in [0.717, 1.165) is 24.9 Å². The van der Waals surface area contributed by atoms with Crippen LogP contribution in [0.2, 0.25) is 0 Å². The number of carbonyl (C=O) groups is 1. The number of hydrogen-bond acceptors (Lipinski definition) is 3. The van der Waals surface area contributed by atoms with Crippen LogP contribution in [-0.4, -0.2) is 19.1 Å². The minimum absolute atomic E-state index is 0.157. The van der Waals surface area contributed by atoms with E-state index in [0.29, 0.717) is 6.61 Å². The van der Waals surface area contributed by atoms with Crippen molar-refractivity contribution < 1.29 is 9.63 Å². The molecule has 1 amide bonds. The van der Waals surface area contributed by atoms with Crippen LogP contribution in [0, 0.1) is 5.92 Å². The summed E-state index contributed by atoms with van der Waals surface area (Å²) in [4.78, 5) is 17.0. The molecule has 92 valence electrons. The van der Waals surface area contributed by atoms with Gasteiger partial charge in [0.1, 0.15) is 0 Å². The lowest BCUT2D eigenvalue weighted by molar-refractivity contribution is -0.121. The van der Waals surface area contributed by atoms with E-state index >= 15 is 0 Å². The average Bonchev–Trinajstić information content (AvgIpc) is 2.59. The summed E-state index contributed by atoms with van der Waals surface area (Å²) in [7, 11) is 0. The van der Waals surface area contributed by atoms with E-state index in [-0.39, 0.29) is 17.7 Å². The van der Waals surface area contributed by atoms with Crippen LogP contribution in [0.1, 0.15) is 24.3 Å². The number of amides is 1. The Morgan fingerprint density at radius 3 is 2.88 bits per heavy atom. The van der Waals surface area contributed by atoms with Gasteiger partial charge in [0, 0.05) is 6.54 Å². The third-order valence-corrected chi connectivity index (χ3v) is 3.19. The Balaban J connectivity index is 2.19. The van der Waals surface area contributed by atoms with Gasteiger partial charge in [0.05, 0.1) is 12.5 Å². The third-order valence-electron chi connectivity index (χ3n) is 3.19. The fraction of sp³-hybridized carbons (Fsp3) is 0.462. The molecule has 1 aliphatic rings. The van der Waals surface area contributed by atoms with Crippen molar-refractivity contribution in [2.24, 2.45) is 11.7 Å². The molecular weight excluding hydrogens is 216 g/mol. The van der Waals surface area contributed by atoms with Gasteiger partial charge in [-0.3, -0.25) is 4.79 Å². The van der Waals surface area contributed by atoms with Crippen molar-refractivity contribution in [1.82, 2.24) is 5.48 Å². The zero-order chi connectivity index (χ0) is 12.1. The summed E-state index contributed by atoms with van der Waals surface area (Å²) in [6.07, 6.45) is 1.96. The smallest absolute Gasteiger partial charge is 0.225 e. The van der Waals surface area contributed by atoms with E-state index in [1.807, 2.05) is 30.3 Å². The van der Waals surface area contributed by atoms with E-state index in [9.17, 15) is 4.79 Å². The first kappa shape index (κ1) is 12.1. The number of primary amides is 1. The number of benzene rings is 1. The highest BCUT2D eigenvalue weighted by atomic mass is 16.6. The maximum atomic E-state index is 11.7. The molecule has 1 aliphatic heterocycles. The molecule has 0 radical (unpaired) electrons. The Bertz CT molecular complexity index is 359. The van der Waals surface area contributed by atoms with Crippen LogP contribution in [-0.2, 0) is 9.63 Å². The van der Waals surface area contributed by atoms with Gasteiger partial charge >= 0.3 is 0 Å². The van der Waals surface area contributed by atoms with Gasteiger partial charge in [0.2, 0.25) is 5.91 Å². The summed E-state index contributed by atoms with van der Waals surface area (Å²) in [5, 5.41) is 0. The van der Waals surface area contributed by atoms with Gasteiger partial charge in [-0.1, -0.05) is 30.3 Å². The first-order valence-corrected chi connectivity index (χ1v) is 5.98. The number of rotatable bonds is 3. The summed E-state index contributed by atoms with van der Waals surface area (Å²) in [5.74, 6) is -0.368. The van der Waals surface area contributed by atoms with E-state index in [4.69, 9.17) is 10.6 Å². The van der Waals surface area contributed by atoms with E-state index < -0.39 is 0 Å². The summed E-state index contributed by atoms with van der Waals surface area (Å²) in [6, 6.07) is 9.70. The molecule has 1 aromatic rings. The van der Waals surface area contributed by atoms with Crippen LogP contribution >= 0.6 is 0 Å². The van der Waals surface area contributed by atoms with Crippen molar-refractivity contribution in [2.75, 3.05) is 13.2 Å². The van der Waals surface area contributed by atoms with Gasteiger partial charge in [-0.05, 0) is 24.3 Å². The van der Waals surface area contributed by atoms with Gasteiger partial charge < -0.3 is 10.6 Å². The highest BCUT2D eigenvalue weighted by Gasteiger charge is 2.29. The number of nitrogens with one attached hydrogen (secondary N) is 1. The van der Waals surface area contributed by atoms with E-state index in [2.05, 4.69) is 5.48 Å². The van der Waals surface area contributed by atoms with E-state index in [1.165, 1.54) is 0 Å². The molecule has 3 N–H and O–H groups in total. The van der Waals surface area contributed by atoms with Crippen LogP contribution in [0.4, 0.5) is 0 Å². The Morgan fingerprint density at radius 2 is 2.18 bits per heavy atom. The van der Waals surface area contributed by atoms with Gasteiger partial charge in [0.25, 0.3) is 0 Å². The molecular formula is C13H18N2O2. The zero-order valence-corrected chi connectivity index (χ0v) is 9.76. The molecule has 0 aromatic heterocycles. The maximum Gasteiger partial charge on any atom is 0.225 e. The molecule has 0 saturated carbocycles. The lowest BCUT2D eigenvalue weighted by atomic mass is 9.83. The highest BCUT2D eigenvalue weighted by Crippen LogP contribution is 2.29. The molecule has 2 unspecified atom stereocenters. The molecule has 0 bridgehead atoms. The molecule has 1 aromatic carbocycles. The molecule has 1 heterocycles. The molecule has 17 heavy (non-hydrogen) atoms. The predicted molar refractivity (Wildman–Crippen MR) is 65.1 cm³/mol. The summed E-state index contributed by atoms with van der Waals surface area (Å²) in [6.45, 7) is 1.36. The molecule has 4 heteroatoms. The molecule has 1 saturated heterocycles. The van der Waals surface area contributed by atoms with Crippen molar-refractivity contribution in [2.45, 2.75) is 18.8 Å². The van der Waals surface area contributed by atoms with Crippen molar-refractivity contribution >= 4 is 5.91 Å². The Hall–Kier alpha value is -1.39. The van der Waals surface area contributed by atoms with Crippen molar-refractivity contribution in [3.05, 3.63) is 35.9 Å². The second-order valence-electron chi connectivity index (χ2n) is 4.40. The molecule has 2 atom stereocenters. The summed E-state index contributed by atoms with van der Waals surface area (Å²) < 4.78 is 0. The quantitative estimate of drug-likeness (QED) is 0.825. The number of hydroxylamine groups is 1. The topological polar surface area (TPSA) is 64.4 Å². The van der Waals surface area contributed by atoms with Crippen LogP contribution < -0.4 is 11.2 Å². The normalized spacial score (nSPS) is 22.7. The lowest BCUT2D eigenvalue weighted by Gasteiger charge is -2.22. The standard InChI is InChI=1S/C13H18N2O2/c14-13(16)12(10-5-2-1-3-6-10)11-7-4-8-15-17-9-11/h1-3,5-6,11-12,15H,4,7-9H2,(H2,14,16). The first-order valence-electron chi connectivity index (χ1n) is 5.98. The van der Waals surface area contributed by atoms with Crippen LogP contribution in [0.5, 0.6) is 0 Å². The monoisotopic (exact) mass is 234 g/mol. The van der Waals surface area contributed by atoms with Crippen molar-refractivity contribution in [1.29, 1.82) is 0 Å². The minimum Gasteiger partial charge on any atom is -0.369 e. The second kappa shape index (κ2) is 5.80. The van der Waals surface area contributed by atoms with Gasteiger partial charge in [-0.2, -0.15) is 0 Å². The van der Waals surface area contributed by atoms with Crippen molar-refractivity contribution in [3.63, 3.8) is 0 Å². The Labute approximate surface area is 101 Å². The lowest BCUT2D eigenvalue weighted by Crippen LogP contribution is -2.30. The van der Waals surface area contributed by atoms with Crippen LogP contribution in [0.25, 0.3) is 0 Å². The summed E-state index contributed by atoms with van der Waals surface area (Å²) in [5.41, 5.74) is 9.39. The number of carbonyl (C=O) groups excluding carboxylic acids is 1. The first-order chi connectivity index (χ1) is 8.29. The third kappa shape index (κ3) is 3.05. The van der Waals surface area contributed by atoms with Crippen LogP contribution in [0.3, 0.4) is 0 Å². The fourth-order valence-electron chi connectivity index (χ4n) is 2.35. The molecule has 0 aliphatic carbocycles. The number of hydrogen-bond donors (Lipinski definition) is 2. The largest absolute Gasteiger partial charge is 0.369 e. The van der Waals surface area contributed by atoms with Gasteiger partial charge in [-0.25, -0.2) is 5.48 Å². The molecule has 2 rings (SSSR count). The average molecular weight is 234 g/mol. The van der Waals surface area contributed by atoms with E-state index in [1.54, 1.807) is 0 Å². The molecule has 1 fully saturated rings. The number of nitrogens with two attached hydrogens (primary N) is 1. The fourth-order valence-corrected chi connectivity index (χ4v) is 2.35. The molecule has 0 spiro atoms. The minimum atomic E-state index is -0.272. The van der Waals surface area contributed by atoms with Gasteiger partial charge in [0.15, 0.2) is 0 Å². The second-order valence-corrected chi connectivity index (χ2v) is 4.40. The SMILES string of the molecule is NC(=O)C(c1ccccc1)C1CCCNOC1. The van der Waals surface area contributed by atoms with Crippen molar-refractivity contribution in [3.8, 4) is 0 Å². The zero-order valence-electron chi connectivity index (χ0n) is 9.76. The summed E-state index contributed by atoms with van der Waals surface area (Å²) >= 11 is 0. The Morgan fingerprint density at radius 1 is 1.41 bits per heavy atom. The van der Waals surface area contributed by atoms with Gasteiger partial charge in [-0.15, -0.1) is 0 Å². The predicted octanol–water partition coefficient (Wildman–Crippen LogP) is 1.19. The van der Waals surface area contributed by atoms with Crippen LogP contribution in [0.15, 0.2) is 30.3 Å².